The Labute approximate surface area is 395 Å². The highest BCUT2D eigenvalue weighted by atomic mass is 16.3. The number of hydrogen-bond acceptors (Lipinski definition) is 2. The third-order valence-corrected chi connectivity index (χ3v) is 13.6. The molecule has 2 heteroatoms. The lowest BCUT2D eigenvalue weighted by Gasteiger charge is -2.27. The molecule has 0 spiro atoms. The Hall–Kier alpha value is -8.98. The minimum absolute atomic E-state index is 0.894. The van der Waals surface area contributed by atoms with Crippen LogP contribution in [0.25, 0.3) is 110 Å². The number of rotatable bonds is 8. The van der Waals surface area contributed by atoms with E-state index in [1.54, 1.807) is 0 Å². The highest BCUT2D eigenvalue weighted by Gasteiger charge is 2.20. The van der Waals surface area contributed by atoms with E-state index in [0.717, 1.165) is 61.3 Å². The Kier molecular flexibility index (Phi) is 9.54. The third-order valence-electron chi connectivity index (χ3n) is 13.6. The van der Waals surface area contributed by atoms with E-state index in [-0.39, 0.29) is 0 Å². The summed E-state index contributed by atoms with van der Waals surface area (Å²) < 4.78 is 6.57. The topological polar surface area (TPSA) is 16.4 Å². The van der Waals surface area contributed by atoms with Crippen molar-refractivity contribution < 1.29 is 4.42 Å². The van der Waals surface area contributed by atoms with Crippen LogP contribution in [0.15, 0.2) is 265 Å². The van der Waals surface area contributed by atoms with Gasteiger partial charge in [-0.15, -0.1) is 0 Å². The van der Waals surface area contributed by atoms with Gasteiger partial charge in [-0.3, -0.25) is 0 Å². The molecule has 0 atom stereocenters. The SMILES string of the molecule is c1ccc(-c2ccc3cc(N(c4cccc(-c5ccc6c(c5)c(-c5ccccc5)c(-c5ccccc5)c5ccccc56)c4)c4cccc(-c5cccc6c5oc5ccccc56)c4)ccc3c2)cc1. The zero-order valence-electron chi connectivity index (χ0n) is 37.2. The van der Waals surface area contributed by atoms with Gasteiger partial charge in [0.05, 0.1) is 0 Å². The molecule has 0 saturated heterocycles. The summed E-state index contributed by atoms with van der Waals surface area (Å²) in [7, 11) is 0. The molecule has 2 nitrogen and oxygen atoms in total. The minimum Gasteiger partial charge on any atom is -0.455 e. The van der Waals surface area contributed by atoms with Gasteiger partial charge in [-0.2, -0.15) is 0 Å². The van der Waals surface area contributed by atoms with Crippen molar-refractivity contribution in [3.05, 3.63) is 261 Å². The van der Waals surface area contributed by atoms with Crippen LogP contribution in [0.4, 0.5) is 17.1 Å². The summed E-state index contributed by atoms with van der Waals surface area (Å²) in [6, 6.07) is 94.5. The second kappa shape index (κ2) is 16.5. The summed E-state index contributed by atoms with van der Waals surface area (Å²) in [5.74, 6) is 0. The molecule has 68 heavy (non-hydrogen) atoms. The Morgan fingerprint density at radius 2 is 0.735 bits per heavy atom. The van der Waals surface area contributed by atoms with Gasteiger partial charge in [0.1, 0.15) is 11.2 Å². The quantitative estimate of drug-likeness (QED) is 0.142. The number of para-hydroxylation sites is 2. The molecular weight excluding hydrogens is 823 g/mol. The maximum atomic E-state index is 6.57. The first-order valence-corrected chi connectivity index (χ1v) is 23.3. The van der Waals surface area contributed by atoms with E-state index < -0.39 is 0 Å². The first-order valence-electron chi connectivity index (χ1n) is 23.3. The van der Waals surface area contributed by atoms with Gasteiger partial charge in [-0.25, -0.2) is 0 Å². The summed E-state index contributed by atoms with van der Waals surface area (Å²) in [5.41, 5.74) is 16.7. The summed E-state index contributed by atoms with van der Waals surface area (Å²) in [6.45, 7) is 0. The van der Waals surface area contributed by atoms with Crippen LogP contribution in [0.1, 0.15) is 0 Å². The van der Waals surface area contributed by atoms with E-state index in [1.165, 1.54) is 65.7 Å². The van der Waals surface area contributed by atoms with Crippen molar-refractivity contribution in [2.45, 2.75) is 0 Å². The Bertz CT molecular complexity index is 4020. The molecule has 0 bridgehead atoms. The van der Waals surface area contributed by atoms with Gasteiger partial charge in [-0.1, -0.05) is 206 Å². The molecule has 0 amide bonds. The lowest BCUT2D eigenvalue weighted by molar-refractivity contribution is 0.670. The van der Waals surface area contributed by atoms with Crippen molar-refractivity contribution in [3.63, 3.8) is 0 Å². The Morgan fingerprint density at radius 3 is 1.49 bits per heavy atom. The number of furan rings is 1. The van der Waals surface area contributed by atoms with Crippen molar-refractivity contribution in [3.8, 4) is 55.6 Å². The second-order valence-electron chi connectivity index (χ2n) is 17.6. The molecule has 13 rings (SSSR count). The third kappa shape index (κ3) is 6.82. The van der Waals surface area contributed by atoms with Gasteiger partial charge in [0, 0.05) is 33.4 Å². The van der Waals surface area contributed by atoms with E-state index in [2.05, 4.69) is 260 Å². The van der Waals surface area contributed by atoms with E-state index >= 15 is 0 Å². The van der Waals surface area contributed by atoms with Crippen LogP contribution >= 0.6 is 0 Å². The number of nitrogens with zero attached hydrogens (tertiary/aromatic N) is 1. The number of fused-ring (bicyclic) bond motifs is 7. The molecule has 1 aromatic heterocycles. The molecule has 0 aliphatic rings. The van der Waals surface area contributed by atoms with Crippen molar-refractivity contribution in [1.82, 2.24) is 0 Å². The van der Waals surface area contributed by atoms with Crippen LogP contribution in [0.5, 0.6) is 0 Å². The van der Waals surface area contributed by atoms with Crippen LogP contribution in [0, 0.1) is 0 Å². The number of anilines is 3. The fraction of sp³-hybridized carbons (Fsp3) is 0. The maximum Gasteiger partial charge on any atom is 0.143 e. The zero-order chi connectivity index (χ0) is 45.0. The van der Waals surface area contributed by atoms with E-state index in [0.29, 0.717) is 0 Å². The van der Waals surface area contributed by atoms with Crippen LogP contribution < -0.4 is 4.90 Å². The Balaban J connectivity index is 0.993. The standard InChI is InChI=1S/C66H43NO/c1-4-17-44(18-5-1)48-33-34-50-41-55(37-35-49(50)39-48)67(54-26-15-24-52(42-54)56-30-16-31-61-59-28-12-13-32-63(59)68-66(56)61)53-25-14-23-47(40-53)51-36-38-58-57-27-10-11-29-60(57)64(45-19-6-2-7-20-45)65(62(58)43-51)46-21-8-3-9-22-46/h1-43H. The van der Waals surface area contributed by atoms with Crippen LogP contribution in [-0.4, -0.2) is 0 Å². The molecule has 0 aliphatic carbocycles. The van der Waals surface area contributed by atoms with Gasteiger partial charge in [-0.05, 0) is 137 Å². The molecule has 13 aromatic rings. The summed E-state index contributed by atoms with van der Waals surface area (Å²) in [4.78, 5) is 2.40. The first kappa shape index (κ1) is 39.4. The molecule has 0 saturated carbocycles. The van der Waals surface area contributed by atoms with Gasteiger partial charge in [0.25, 0.3) is 0 Å². The number of benzene rings is 12. The molecule has 0 aliphatic heterocycles. The van der Waals surface area contributed by atoms with E-state index in [4.69, 9.17) is 4.42 Å². The van der Waals surface area contributed by atoms with Crippen molar-refractivity contribution >= 4 is 71.3 Å². The predicted molar refractivity (Wildman–Crippen MR) is 288 cm³/mol. The molecule has 318 valence electrons. The molecule has 0 radical (unpaired) electrons. The highest BCUT2D eigenvalue weighted by molar-refractivity contribution is 6.22. The van der Waals surface area contributed by atoms with Crippen LogP contribution in [0.2, 0.25) is 0 Å². The molecular formula is C66H43NO. The van der Waals surface area contributed by atoms with Gasteiger partial charge >= 0.3 is 0 Å². The van der Waals surface area contributed by atoms with Crippen LogP contribution in [0.3, 0.4) is 0 Å². The zero-order valence-corrected chi connectivity index (χ0v) is 37.2. The second-order valence-corrected chi connectivity index (χ2v) is 17.6. The monoisotopic (exact) mass is 865 g/mol. The summed E-state index contributed by atoms with van der Waals surface area (Å²) >= 11 is 0. The van der Waals surface area contributed by atoms with Crippen molar-refractivity contribution in [1.29, 1.82) is 0 Å². The van der Waals surface area contributed by atoms with E-state index in [9.17, 15) is 0 Å². The van der Waals surface area contributed by atoms with Gasteiger partial charge in [0.15, 0.2) is 0 Å². The first-order chi connectivity index (χ1) is 33.7. The maximum absolute atomic E-state index is 6.57. The highest BCUT2D eigenvalue weighted by Crippen LogP contribution is 2.47. The largest absolute Gasteiger partial charge is 0.455 e. The van der Waals surface area contributed by atoms with Crippen molar-refractivity contribution in [2.75, 3.05) is 4.90 Å². The fourth-order valence-corrected chi connectivity index (χ4v) is 10.4. The lowest BCUT2D eigenvalue weighted by atomic mass is 9.84. The average Bonchev–Trinajstić information content (AvgIpc) is 3.80. The smallest absolute Gasteiger partial charge is 0.143 e. The van der Waals surface area contributed by atoms with E-state index in [1.807, 2.05) is 6.07 Å². The molecule has 0 unspecified atom stereocenters. The molecule has 0 fully saturated rings. The summed E-state index contributed by atoms with van der Waals surface area (Å²) in [6.07, 6.45) is 0. The van der Waals surface area contributed by atoms with Gasteiger partial charge in [0.2, 0.25) is 0 Å². The van der Waals surface area contributed by atoms with Gasteiger partial charge < -0.3 is 9.32 Å². The molecule has 0 N–H and O–H groups in total. The van der Waals surface area contributed by atoms with Crippen molar-refractivity contribution in [2.24, 2.45) is 0 Å². The number of hydrogen-bond donors (Lipinski definition) is 0. The molecule has 1 heterocycles. The lowest BCUT2D eigenvalue weighted by Crippen LogP contribution is -2.10. The van der Waals surface area contributed by atoms with Crippen LogP contribution in [-0.2, 0) is 0 Å². The Morgan fingerprint density at radius 1 is 0.250 bits per heavy atom. The molecule has 12 aromatic carbocycles. The average molecular weight is 866 g/mol. The minimum atomic E-state index is 0.894. The predicted octanol–water partition coefficient (Wildman–Crippen LogP) is 18.9. The summed E-state index contributed by atoms with van der Waals surface area (Å²) in [5, 5.41) is 9.58. The fourth-order valence-electron chi connectivity index (χ4n) is 10.4. The normalized spacial score (nSPS) is 11.5.